The molecule has 1 saturated heterocycles. The second-order valence-corrected chi connectivity index (χ2v) is 9.43. The summed E-state index contributed by atoms with van der Waals surface area (Å²) >= 11 is 0. The molecule has 0 bridgehead atoms. The van der Waals surface area contributed by atoms with E-state index in [0.717, 1.165) is 30.6 Å². The Labute approximate surface area is 195 Å². The van der Waals surface area contributed by atoms with E-state index in [1.165, 1.54) is 0 Å². The third kappa shape index (κ3) is 4.60. The van der Waals surface area contributed by atoms with Crippen molar-refractivity contribution in [2.75, 3.05) is 13.1 Å². The fraction of sp³-hybridized carbons (Fsp3) is 0.321. The van der Waals surface area contributed by atoms with Crippen LogP contribution in [0.15, 0.2) is 84.9 Å². The zero-order valence-corrected chi connectivity index (χ0v) is 19.3. The molecular formula is C28H32N2O3. The van der Waals surface area contributed by atoms with Crippen LogP contribution >= 0.6 is 0 Å². The number of benzene rings is 3. The Balaban J connectivity index is 1.50. The van der Waals surface area contributed by atoms with Gasteiger partial charge < -0.3 is 15.6 Å². The first-order valence-corrected chi connectivity index (χ1v) is 11.4. The highest BCUT2D eigenvalue weighted by molar-refractivity contribution is 5.90. The van der Waals surface area contributed by atoms with Gasteiger partial charge in [-0.15, -0.1) is 0 Å². The summed E-state index contributed by atoms with van der Waals surface area (Å²) in [5.74, 6) is 0.341. The van der Waals surface area contributed by atoms with Gasteiger partial charge in [0.1, 0.15) is 6.10 Å². The lowest BCUT2D eigenvalue weighted by Crippen LogP contribution is -2.62. The topological polar surface area (TPSA) is 75.8 Å². The number of hydrogen-bond acceptors (Lipinski definition) is 4. The van der Waals surface area contributed by atoms with E-state index >= 15 is 0 Å². The average Bonchev–Trinajstić information content (AvgIpc) is 2.78. The average molecular weight is 445 g/mol. The number of hydrogen-bond donors (Lipinski definition) is 2. The van der Waals surface area contributed by atoms with Gasteiger partial charge in [-0.1, -0.05) is 72.8 Å². The minimum atomic E-state index is -0.892. The third-order valence-corrected chi connectivity index (χ3v) is 6.93. The van der Waals surface area contributed by atoms with Crippen molar-refractivity contribution in [1.29, 1.82) is 0 Å². The van der Waals surface area contributed by atoms with Gasteiger partial charge in [0.2, 0.25) is 5.91 Å². The molecule has 1 fully saturated rings. The maximum Gasteiger partial charge on any atom is 0.232 e. The molecule has 0 spiro atoms. The zero-order chi connectivity index (χ0) is 23.5. The molecule has 0 radical (unpaired) electrons. The molecule has 5 nitrogen and oxygen atoms in total. The molecule has 0 aromatic heterocycles. The fourth-order valence-corrected chi connectivity index (χ4v) is 4.70. The van der Waals surface area contributed by atoms with E-state index < -0.39 is 5.41 Å². The van der Waals surface area contributed by atoms with E-state index in [9.17, 15) is 9.90 Å². The van der Waals surface area contributed by atoms with Gasteiger partial charge in [-0.05, 0) is 49.9 Å². The van der Waals surface area contributed by atoms with Crippen molar-refractivity contribution in [2.24, 2.45) is 5.73 Å². The number of nitrogens with zero attached hydrogens (tertiary/aromatic N) is 1. The molecule has 1 heterocycles. The maximum absolute atomic E-state index is 13.0. The summed E-state index contributed by atoms with van der Waals surface area (Å²) in [4.78, 5) is 15.4. The van der Waals surface area contributed by atoms with Gasteiger partial charge in [-0.25, -0.2) is 0 Å². The van der Waals surface area contributed by atoms with Gasteiger partial charge in [-0.2, -0.15) is 0 Å². The highest BCUT2D eigenvalue weighted by atomic mass is 16.5. The SMILES string of the molecule is CC(C)(CCC(C(N)=O)(c1ccccc1)c1ccccc1)N1CC(Oc2ccccc2O)C1. The molecule has 33 heavy (non-hydrogen) atoms. The van der Waals surface area contributed by atoms with Crippen molar-refractivity contribution in [3.05, 3.63) is 96.1 Å². The number of carbonyl (C=O) groups excluding carboxylic acids is 1. The Morgan fingerprint density at radius 1 is 0.909 bits per heavy atom. The van der Waals surface area contributed by atoms with Gasteiger partial charge in [0.15, 0.2) is 11.5 Å². The first-order chi connectivity index (χ1) is 15.8. The molecule has 172 valence electrons. The van der Waals surface area contributed by atoms with E-state index in [1.54, 1.807) is 18.2 Å². The predicted molar refractivity (Wildman–Crippen MR) is 130 cm³/mol. The number of para-hydroxylation sites is 2. The first-order valence-electron chi connectivity index (χ1n) is 11.4. The molecule has 0 aliphatic carbocycles. The Morgan fingerprint density at radius 3 is 1.94 bits per heavy atom. The number of aromatic hydroxyl groups is 1. The van der Waals surface area contributed by atoms with Crippen molar-refractivity contribution in [2.45, 2.75) is 43.7 Å². The van der Waals surface area contributed by atoms with Crippen LogP contribution in [0.2, 0.25) is 0 Å². The standard InChI is InChI=1S/C28H32N2O3/c1-27(2,30-19-23(20-30)33-25-16-10-9-15-24(25)31)17-18-28(26(29)32,21-11-5-3-6-12-21)22-13-7-4-8-14-22/h3-16,23,31H,17-20H2,1-2H3,(H2,29,32). The fourth-order valence-electron chi connectivity index (χ4n) is 4.70. The number of carbonyl (C=O) groups is 1. The van der Waals surface area contributed by atoms with Crippen molar-refractivity contribution >= 4 is 5.91 Å². The van der Waals surface area contributed by atoms with Crippen LogP contribution in [0, 0.1) is 0 Å². The number of amides is 1. The Morgan fingerprint density at radius 2 is 1.42 bits per heavy atom. The van der Waals surface area contributed by atoms with Crippen molar-refractivity contribution in [1.82, 2.24) is 4.90 Å². The van der Waals surface area contributed by atoms with Gasteiger partial charge in [0.25, 0.3) is 0 Å². The van der Waals surface area contributed by atoms with Crippen LogP contribution in [0.5, 0.6) is 11.5 Å². The lowest BCUT2D eigenvalue weighted by molar-refractivity contribution is -0.122. The summed E-state index contributed by atoms with van der Waals surface area (Å²) in [5, 5.41) is 9.96. The molecule has 1 aliphatic rings. The quantitative estimate of drug-likeness (QED) is 0.510. The highest BCUT2D eigenvalue weighted by Gasteiger charge is 2.44. The molecule has 3 aromatic rings. The number of nitrogens with two attached hydrogens (primary N) is 1. The smallest absolute Gasteiger partial charge is 0.232 e. The molecule has 0 atom stereocenters. The minimum Gasteiger partial charge on any atom is -0.504 e. The van der Waals surface area contributed by atoms with E-state index in [-0.39, 0.29) is 23.3 Å². The molecule has 3 N–H and O–H groups in total. The molecular weight excluding hydrogens is 412 g/mol. The third-order valence-electron chi connectivity index (χ3n) is 6.93. The lowest BCUT2D eigenvalue weighted by Gasteiger charge is -2.49. The Bertz CT molecular complexity index is 1040. The van der Waals surface area contributed by atoms with E-state index in [2.05, 4.69) is 18.7 Å². The summed E-state index contributed by atoms with van der Waals surface area (Å²) in [6, 6.07) is 26.7. The van der Waals surface area contributed by atoms with Crippen LogP contribution in [0.4, 0.5) is 0 Å². The molecule has 0 unspecified atom stereocenters. The van der Waals surface area contributed by atoms with Crippen LogP contribution in [-0.4, -0.2) is 40.6 Å². The van der Waals surface area contributed by atoms with Crippen LogP contribution in [0.25, 0.3) is 0 Å². The van der Waals surface area contributed by atoms with E-state index in [4.69, 9.17) is 10.5 Å². The Kier molecular flexibility index (Phi) is 6.43. The number of phenols is 1. The number of primary amides is 1. The highest BCUT2D eigenvalue weighted by Crippen LogP contribution is 2.40. The largest absolute Gasteiger partial charge is 0.504 e. The molecule has 5 heteroatoms. The second kappa shape index (κ2) is 9.28. The van der Waals surface area contributed by atoms with Crippen molar-refractivity contribution in [3.63, 3.8) is 0 Å². The van der Waals surface area contributed by atoms with E-state index in [0.29, 0.717) is 12.2 Å². The number of ether oxygens (including phenoxy) is 1. The van der Waals surface area contributed by atoms with Crippen LogP contribution in [0.3, 0.4) is 0 Å². The van der Waals surface area contributed by atoms with E-state index in [1.807, 2.05) is 66.7 Å². The van der Waals surface area contributed by atoms with Crippen LogP contribution in [-0.2, 0) is 10.2 Å². The summed E-state index contributed by atoms with van der Waals surface area (Å²) in [7, 11) is 0. The second-order valence-electron chi connectivity index (χ2n) is 9.43. The van der Waals surface area contributed by atoms with Gasteiger partial charge in [0, 0.05) is 18.6 Å². The number of likely N-dealkylation sites (tertiary alicyclic amines) is 1. The zero-order valence-electron chi connectivity index (χ0n) is 19.3. The molecule has 1 aliphatic heterocycles. The molecule has 4 rings (SSSR count). The summed E-state index contributed by atoms with van der Waals surface area (Å²) in [5.41, 5.74) is 6.91. The predicted octanol–water partition coefficient (Wildman–Crippen LogP) is 4.49. The van der Waals surface area contributed by atoms with Crippen LogP contribution < -0.4 is 10.5 Å². The van der Waals surface area contributed by atoms with Gasteiger partial charge >= 0.3 is 0 Å². The summed E-state index contributed by atoms with van der Waals surface area (Å²) in [6.07, 6.45) is 1.41. The molecule has 3 aromatic carbocycles. The summed E-state index contributed by atoms with van der Waals surface area (Å²) < 4.78 is 5.96. The maximum atomic E-state index is 13.0. The Hall–Kier alpha value is -3.31. The van der Waals surface area contributed by atoms with Crippen LogP contribution in [0.1, 0.15) is 37.8 Å². The minimum absolute atomic E-state index is 0.0294. The van der Waals surface area contributed by atoms with Crippen molar-refractivity contribution in [3.8, 4) is 11.5 Å². The monoisotopic (exact) mass is 444 g/mol. The summed E-state index contributed by atoms with van der Waals surface area (Å²) in [6.45, 7) is 5.93. The first kappa shape index (κ1) is 22.9. The molecule has 1 amide bonds. The normalized spacial score (nSPS) is 15.1. The number of rotatable bonds is 9. The number of phenolic OH excluding ortho intramolecular Hbond substituents is 1. The van der Waals surface area contributed by atoms with Crippen molar-refractivity contribution < 1.29 is 14.6 Å². The van der Waals surface area contributed by atoms with Gasteiger partial charge in [0.05, 0.1) is 5.41 Å². The lowest BCUT2D eigenvalue weighted by atomic mass is 9.69. The van der Waals surface area contributed by atoms with Gasteiger partial charge in [-0.3, -0.25) is 9.69 Å². The molecule has 0 saturated carbocycles.